The van der Waals surface area contributed by atoms with Gasteiger partial charge in [0.15, 0.2) is 0 Å². The smallest absolute Gasteiger partial charge is 0.243 e. The fraction of sp³-hybridized carbons (Fsp3) is 0.318. The fourth-order valence-electron chi connectivity index (χ4n) is 2.26. The summed E-state index contributed by atoms with van der Waals surface area (Å²) in [4.78, 5) is 11.9. The lowest BCUT2D eigenvalue weighted by atomic mass is 9.96. The second kappa shape index (κ2) is 9.19. The molecule has 2 aromatic rings. The summed E-state index contributed by atoms with van der Waals surface area (Å²) in [6.07, 6.45) is 3.52. The molecule has 2 aromatic carbocycles. The molecule has 0 aliphatic carbocycles. The van der Waals surface area contributed by atoms with E-state index in [1.54, 1.807) is 6.08 Å². The maximum absolute atomic E-state index is 11.9. The molecule has 25 heavy (non-hydrogen) atoms. The Morgan fingerprint density at radius 2 is 1.60 bits per heavy atom. The van der Waals surface area contributed by atoms with Crippen LogP contribution in [0.3, 0.4) is 0 Å². The second-order valence-electron chi connectivity index (χ2n) is 7.22. The van der Waals surface area contributed by atoms with Gasteiger partial charge in [-0.15, -0.1) is 0 Å². The zero-order valence-electron chi connectivity index (χ0n) is 15.3. The zero-order chi connectivity index (χ0) is 18.1. The van der Waals surface area contributed by atoms with E-state index in [2.05, 4.69) is 44.3 Å². The summed E-state index contributed by atoms with van der Waals surface area (Å²) in [5.41, 5.74) is 3.34. The van der Waals surface area contributed by atoms with Crippen molar-refractivity contribution in [2.45, 2.75) is 40.5 Å². The molecule has 0 heterocycles. The third kappa shape index (κ3) is 7.81. The highest BCUT2D eigenvalue weighted by atomic mass is 16.5. The van der Waals surface area contributed by atoms with E-state index in [1.165, 1.54) is 0 Å². The average molecular weight is 337 g/mol. The molecule has 0 bridgehead atoms. The van der Waals surface area contributed by atoms with E-state index in [1.807, 2.05) is 42.5 Å². The predicted molar refractivity (Wildman–Crippen MR) is 102 cm³/mol. The first kappa shape index (κ1) is 18.9. The Bertz CT molecular complexity index is 699. The van der Waals surface area contributed by atoms with E-state index in [-0.39, 0.29) is 11.3 Å². The molecular weight excluding hydrogens is 310 g/mol. The van der Waals surface area contributed by atoms with Gasteiger partial charge in [0.1, 0.15) is 0 Å². The Morgan fingerprint density at radius 1 is 0.960 bits per heavy atom. The number of amides is 1. The van der Waals surface area contributed by atoms with Crippen molar-refractivity contribution in [2.75, 3.05) is 0 Å². The quantitative estimate of drug-likeness (QED) is 0.749. The Labute approximate surface area is 150 Å². The second-order valence-corrected chi connectivity index (χ2v) is 7.22. The predicted octanol–water partition coefficient (Wildman–Crippen LogP) is 4.62. The molecule has 0 atom stereocenters. The van der Waals surface area contributed by atoms with Crippen molar-refractivity contribution in [1.29, 1.82) is 0 Å². The average Bonchev–Trinajstić information content (AvgIpc) is 2.59. The third-order valence-electron chi connectivity index (χ3n) is 3.57. The van der Waals surface area contributed by atoms with Gasteiger partial charge in [0.05, 0.1) is 13.2 Å². The number of hydrogen-bond acceptors (Lipinski definition) is 2. The van der Waals surface area contributed by atoms with Crippen molar-refractivity contribution < 1.29 is 9.53 Å². The van der Waals surface area contributed by atoms with E-state index >= 15 is 0 Å². The van der Waals surface area contributed by atoms with Crippen LogP contribution in [0.25, 0.3) is 0 Å². The topological polar surface area (TPSA) is 38.3 Å². The van der Waals surface area contributed by atoms with Crippen molar-refractivity contribution in [1.82, 2.24) is 5.32 Å². The van der Waals surface area contributed by atoms with Crippen LogP contribution in [-0.4, -0.2) is 5.91 Å². The lowest BCUT2D eigenvalue weighted by molar-refractivity contribution is -0.116. The van der Waals surface area contributed by atoms with Crippen LogP contribution in [0.15, 0.2) is 66.7 Å². The van der Waals surface area contributed by atoms with E-state index in [0.717, 1.165) is 16.7 Å². The summed E-state index contributed by atoms with van der Waals surface area (Å²) < 4.78 is 5.76. The Kier molecular flexibility index (Phi) is 6.96. The highest BCUT2D eigenvalue weighted by Crippen LogP contribution is 2.14. The fourth-order valence-corrected chi connectivity index (χ4v) is 2.26. The minimum absolute atomic E-state index is 0.00729. The first-order valence-corrected chi connectivity index (χ1v) is 8.59. The number of allylic oxidation sites excluding steroid dienone is 1. The number of carbonyl (C=O) groups excluding carboxylic acids is 1. The molecule has 0 unspecified atom stereocenters. The van der Waals surface area contributed by atoms with E-state index < -0.39 is 0 Å². The van der Waals surface area contributed by atoms with E-state index in [4.69, 9.17) is 4.74 Å². The van der Waals surface area contributed by atoms with Crippen molar-refractivity contribution in [3.8, 4) is 0 Å². The number of nitrogens with one attached hydrogen (secondary N) is 1. The minimum Gasteiger partial charge on any atom is -0.372 e. The first-order valence-electron chi connectivity index (χ1n) is 8.59. The molecule has 3 heteroatoms. The molecule has 0 aliphatic heterocycles. The summed E-state index contributed by atoms with van der Waals surface area (Å²) >= 11 is 0. The van der Waals surface area contributed by atoms with Gasteiger partial charge in [0.2, 0.25) is 5.91 Å². The lowest BCUT2D eigenvalue weighted by Gasteiger charge is -2.11. The van der Waals surface area contributed by atoms with Crippen LogP contribution in [0.4, 0.5) is 0 Å². The molecule has 0 fully saturated rings. The molecule has 3 nitrogen and oxygen atoms in total. The molecule has 0 saturated carbocycles. The molecule has 0 radical (unpaired) electrons. The summed E-state index contributed by atoms with van der Waals surface area (Å²) in [5, 5.41) is 2.91. The molecule has 1 N–H and O–H groups in total. The van der Waals surface area contributed by atoms with Gasteiger partial charge in [-0.1, -0.05) is 81.4 Å². The van der Waals surface area contributed by atoms with Gasteiger partial charge in [-0.25, -0.2) is 0 Å². The minimum atomic E-state index is -0.0688. The van der Waals surface area contributed by atoms with Crippen LogP contribution in [0.2, 0.25) is 0 Å². The monoisotopic (exact) mass is 337 g/mol. The molecule has 0 saturated heterocycles. The van der Waals surface area contributed by atoms with E-state index in [9.17, 15) is 4.79 Å². The number of carbonyl (C=O) groups is 1. The largest absolute Gasteiger partial charge is 0.372 e. The van der Waals surface area contributed by atoms with Crippen LogP contribution in [0.5, 0.6) is 0 Å². The molecule has 0 spiro atoms. The van der Waals surface area contributed by atoms with Gasteiger partial charge in [-0.3, -0.25) is 4.79 Å². The molecule has 0 aromatic heterocycles. The zero-order valence-corrected chi connectivity index (χ0v) is 15.3. The summed E-state index contributed by atoms with van der Waals surface area (Å²) in [5.74, 6) is -0.0688. The normalized spacial score (nSPS) is 11.6. The van der Waals surface area contributed by atoms with Crippen molar-refractivity contribution in [3.05, 3.63) is 83.4 Å². The molecule has 0 aliphatic rings. The number of ether oxygens (including phenoxy) is 1. The lowest BCUT2D eigenvalue weighted by Crippen LogP contribution is -2.21. The van der Waals surface area contributed by atoms with Crippen molar-refractivity contribution in [2.24, 2.45) is 5.41 Å². The van der Waals surface area contributed by atoms with Gasteiger partial charge in [-0.2, -0.15) is 0 Å². The van der Waals surface area contributed by atoms with Gasteiger partial charge >= 0.3 is 0 Å². The third-order valence-corrected chi connectivity index (χ3v) is 3.57. The van der Waals surface area contributed by atoms with Crippen LogP contribution in [-0.2, 0) is 29.3 Å². The van der Waals surface area contributed by atoms with Crippen LogP contribution < -0.4 is 5.32 Å². The van der Waals surface area contributed by atoms with E-state index in [0.29, 0.717) is 19.8 Å². The Morgan fingerprint density at radius 3 is 2.32 bits per heavy atom. The molecule has 2 rings (SSSR count). The number of hydrogen-bond donors (Lipinski definition) is 1. The maximum Gasteiger partial charge on any atom is 0.243 e. The van der Waals surface area contributed by atoms with Gasteiger partial charge < -0.3 is 10.1 Å². The highest BCUT2D eigenvalue weighted by molar-refractivity contribution is 5.87. The number of rotatable bonds is 7. The number of benzene rings is 2. The Hall–Kier alpha value is -2.39. The SMILES string of the molecule is CC(C)(C)C=CC(=O)NCc1cccc(COCc2ccccc2)c1. The first-order chi connectivity index (χ1) is 11.9. The maximum atomic E-state index is 11.9. The highest BCUT2D eigenvalue weighted by Gasteiger charge is 2.05. The Balaban J connectivity index is 1.80. The summed E-state index contributed by atoms with van der Waals surface area (Å²) in [6, 6.07) is 18.2. The van der Waals surface area contributed by atoms with Crippen LogP contribution in [0, 0.1) is 5.41 Å². The molecular formula is C22H27NO2. The van der Waals surface area contributed by atoms with Crippen LogP contribution in [0.1, 0.15) is 37.5 Å². The summed E-state index contributed by atoms with van der Waals surface area (Å²) in [7, 11) is 0. The molecule has 1 amide bonds. The molecule has 132 valence electrons. The van der Waals surface area contributed by atoms with Crippen LogP contribution >= 0.6 is 0 Å². The van der Waals surface area contributed by atoms with Crippen molar-refractivity contribution in [3.63, 3.8) is 0 Å². The van der Waals surface area contributed by atoms with Gasteiger partial charge in [0, 0.05) is 6.54 Å². The van der Waals surface area contributed by atoms with Gasteiger partial charge in [0.25, 0.3) is 0 Å². The van der Waals surface area contributed by atoms with Crippen molar-refractivity contribution >= 4 is 5.91 Å². The summed E-state index contributed by atoms with van der Waals surface area (Å²) in [6.45, 7) is 7.86. The van der Waals surface area contributed by atoms with Gasteiger partial charge in [-0.05, 0) is 28.2 Å². The standard InChI is InChI=1S/C22H27NO2/c1-22(2,3)13-12-21(24)23-15-19-10-7-11-20(14-19)17-25-16-18-8-5-4-6-9-18/h4-14H,15-17H2,1-3H3,(H,23,24).